The molecule has 0 spiro atoms. The molecule has 0 radical (unpaired) electrons. The quantitative estimate of drug-likeness (QED) is 0.866. The summed E-state index contributed by atoms with van der Waals surface area (Å²) in [5.74, 6) is -0.647. The van der Waals surface area contributed by atoms with E-state index in [-0.39, 0.29) is 23.6 Å². The molecule has 8 heteroatoms. The lowest BCUT2D eigenvalue weighted by molar-refractivity contribution is 0.0681. The highest BCUT2D eigenvalue weighted by molar-refractivity contribution is 5.92. The van der Waals surface area contributed by atoms with Crippen molar-refractivity contribution >= 4 is 11.9 Å². The van der Waals surface area contributed by atoms with Crippen molar-refractivity contribution in [1.29, 1.82) is 0 Å². The molecule has 0 bridgehead atoms. The van der Waals surface area contributed by atoms with Gasteiger partial charge in [-0.25, -0.2) is 9.78 Å². The molecule has 3 rings (SSSR count). The van der Waals surface area contributed by atoms with Crippen molar-refractivity contribution in [3.05, 3.63) is 41.3 Å². The Morgan fingerprint density at radius 1 is 1.26 bits per heavy atom. The summed E-state index contributed by atoms with van der Waals surface area (Å²) in [6.45, 7) is 6.73. The van der Waals surface area contributed by atoms with Crippen LogP contribution in [0.5, 0.6) is 5.88 Å². The third-order valence-electron chi connectivity index (χ3n) is 4.67. The van der Waals surface area contributed by atoms with Crippen LogP contribution in [0.25, 0.3) is 0 Å². The van der Waals surface area contributed by atoms with Crippen LogP contribution in [0.3, 0.4) is 0 Å². The van der Waals surface area contributed by atoms with Gasteiger partial charge in [-0.05, 0) is 39.7 Å². The number of nitrogens with zero attached hydrogens (tertiary/aromatic N) is 4. The Labute approximate surface area is 157 Å². The van der Waals surface area contributed by atoms with Crippen LogP contribution in [0, 0.1) is 6.92 Å². The Hall–Kier alpha value is -2.90. The molecule has 1 N–H and O–H groups in total. The zero-order valence-corrected chi connectivity index (χ0v) is 15.8. The molecule has 2 aromatic heterocycles. The minimum Gasteiger partial charge on any atom is -0.478 e. The van der Waals surface area contributed by atoms with E-state index in [0.717, 1.165) is 12.8 Å². The first-order valence-corrected chi connectivity index (χ1v) is 9.07. The Kier molecular flexibility index (Phi) is 5.43. The number of amides is 1. The highest BCUT2D eigenvalue weighted by atomic mass is 16.5. The van der Waals surface area contributed by atoms with Crippen LogP contribution in [-0.4, -0.2) is 55.8 Å². The monoisotopic (exact) mass is 372 g/mol. The van der Waals surface area contributed by atoms with Crippen molar-refractivity contribution in [2.45, 2.75) is 45.8 Å². The Morgan fingerprint density at radius 3 is 2.56 bits per heavy atom. The van der Waals surface area contributed by atoms with Gasteiger partial charge < -0.3 is 14.7 Å². The first-order chi connectivity index (χ1) is 12.9. The average molecular weight is 372 g/mol. The van der Waals surface area contributed by atoms with E-state index in [1.807, 2.05) is 13.8 Å². The fourth-order valence-electron chi connectivity index (χ4n) is 3.32. The summed E-state index contributed by atoms with van der Waals surface area (Å²) in [6, 6.07) is 5.29. The van der Waals surface area contributed by atoms with E-state index >= 15 is 0 Å². The van der Waals surface area contributed by atoms with E-state index in [1.165, 1.54) is 6.20 Å². The van der Waals surface area contributed by atoms with E-state index in [4.69, 9.17) is 4.74 Å². The molecule has 1 aliphatic heterocycles. The van der Waals surface area contributed by atoms with Crippen molar-refractivity contribution < 1.29 is 19.4 Å². The number of carboxylic acids is 1. The standard InChI is InChI=1S/C19H24N4O4/c1-12(2)27-17-6-4-5-16(21-17)18(24)22-9-7-14(8-10-22)23-13(3)15(11-20-23)19(25)26/h4-6,11-12,14H,7-10H2,1-3H3,(H,25,26). The molecular formula is C19H24N4O4. The third kappa shape index (κ3) is 4.10. The zero-order valence-electron chi connectivity index (χ0n) is 15.8. The van der Waals surface area contributed by atoms with Crippen LogP contribution in [0.15, 0.2) is 24.4 Å². The number of pyridine rings is 1. The van der Waals surface area contributed by atoms with Crippen molar-refractivity contribution in [2.75, 3.05) is 13.1 Å². The van der Waals surface area contributed by atoms with E-state index in [9.17, 15) is 14.7 Å². The Bertz CT molecular complexity index is 838. The normalized spacial score (nSPS) is 15.2. The summed E-state index contributed by atoms with van der Waals surface area (Å²) in [5.41, 5.74) is 1.24. The van der Waals surface area contributed by atoms with Gasteiger partial charge in [-0.1, -0.05) is 6.07 Å². The van der Waals surface area contributed by atoms with Gasteiger partial charge in [0, 0.05) is 19.2 Å². The van der Waals surface area contributed by atoms with Crippen molar-refractivity contribution in [2.24, 2.45) is 0 Å². The molecule has 2 aromatic rings. The predicted molar refractivity (Wildman–Crippen MR) is 98.1 cm³/mol. The van der Waals surface area contributed by atoms with E-state index in [1.54, 1.807) is 34.7 Å². The Morgan fingerprint density at radius 2 is 1.96 bits per heavy atom. The molecule has 0 aromatic carbocycles. The topological polar surface area (TPSA) is 97.6 Å². The summed E-state index contributed by atoms with van der Waals surface area (Å²) in [5, 5.41) is 13.4. The average Bonchev–Trinajstić information content (AvgIpc) is 3.02. The van der Waals surface area contributed by atoms with Gasteiger partial charge in [-0.3, -0.25) is 9.48 Å². The lowest BCUT2D eigenvalue weighted by atomic mass is 10.0. The van der Waals surface area contributed by atoms with Gasteiger partial charge in [0.15, 0.2) is 0 Å². The van der Waals surface area contributed by atoms with Crippen LogP contribution >= 0.6 is 0 Å². The van der Waals surface area contributed by atoms with Crippen LogP contribution in [0.4, 0.5) is 0 Å². The molecule has 0 saturated carbocycles. The maximum absolute atomic E-state index is 12.7. The number of carboxylic acid groups (broad SMARTS) is 1. The maximum Gasteiger partial charge on any atom is 0.339 e. The lowest BCUT2D eigenvalue weighted by Gasteiger charge is -2.32. The molecular weight excluding hydrogens is 348 g/mol. The van der Waals surface area contributed by atoms with Gasteiger partial charge in [0.2, 0.25) is 5.88 Å². The van der Waals surface area contributed by atoms with Crippen molar-refractivity contribution in [1.82, 2.24) is 19.7 Å². The minimum atomic E-state index is -0.971. The molecule has 1 fully saturated rings. The number of hydrogen-bond donors (Lipinski definition) is 1. The summed E-state index contributed by atoms with van der Waals surface area (Å²) < 4.78 is 7.33. The number of ether oxygens (including phenoxy) is 1. The molecule has 1 amide bonds. The molecule has 1 aliphatic rings. The summed E-state index contributed by atoms with van der Waals surface area (Å²) in [4.78, 5) is 30.0. The van der Waals surface area contributed by atoms with E-state index in [2.05, 4.69) is 10.1 Å². The highest BCUT2D eigenvalue weighted by Crippen LogP contribution is 2.25. The fraction of sp³-hybridized carbons (Fsp3) is 0.474. The molecule has 8 nitrogen and oxygen atoms in total. The summed E-state index contributed by atoms with van der Waals surface area (Å²) >= 11 is 0. The van der Waals surface area contributed by atoms with E-state index in [0.29, 0.717) is 30.4 Å². The number of hydrogen-bond acceptors (Lipinski definition) is 5. The second kappa shape index (κ2) is 7.77. The molecule has 3 heterocycles. The SMILES string of the molecule is Cc1c(C(=O)O)cnn1C1CCN(C(=O)c2cccc(OC(C)C)n2)CC1. The van der Waals surface area contributed by atoms with Gasteiger partial charge >= 0.3 is 5.97 Å². The summed E-state index contributed by atoms with van der Waals surface area (Å²) in [7, 11) is 0. The van der Waals surface area contributed by atoms with Gasteiger partial charge in [0.05, 0.1) is 24.0 Å². The second-order valence-corrected chi connectivity index (χ2v) is 6.94. The van der Waals surface area contributed by atoms with Crippen LogP contribution < -0.4 is 4.74 Å². The fourth-order valence-corrected chi connectivity index (χ4v) is 3.32. The van der Waals surface area contributed by atoms with Gasteiger partial charge in [-0.15, -0.1) is 0 Å². The third-order valence-corrected chi connectivity index (χ3v) is 4.67. The number of aromatic nitrogens is 3. The molecule has 27 heavy (non-hydrogen) atoms. The number of aromatic carboxylic acids is 1. The maximum atomic E-state index is 12.7. The highest BCUT2D eigenvalue weighted by Gasteiger charge is 2.27. The lowest BCUT2D eigenvalue weighted by Crippen LogP contribution is -2.39. The van der Waals surface area contributed by atoms with Crippen LogP contribution in [-0.2, 0) is 0 Å². The van der Waals surface area contributed by atoms with Gasteiger partial charge in [0.1, 0.15) is 11.3 Å². The van der Waals surface area contributed by atoms with Crippen molar-refractivity contribution in [3.63, 3.8) is 0 Å². The van der Waals surface area contributed by atoms with Crippen LogP contribution in [0.1, 0.15) is 59.3 Å². The summed E-state index contributed by atoms with van der Waals surface area (Å²) in [6.07, 6.45) is 2.82. The number of rotatable bonds is 5. The smallest absolute Gasteiger partial charge is 0.339 e. The predicted octanol–water partition coefficient (Wildman–Crippen LogP) is 2.55. The minimum absolute atomic E-state index is 0.00778. The van der Waals surface area contributed by atoms with Crippen molar-refractivity contribution in [3.8, 4) is 5.88 Å². The molecule has 0 atom stereocenters. The van der Waals surface area contributed by atoms with E-state index < -0.39 is 5.97 Å². The number of likely N-dealkylation sites (tertiary alicyclic amines) is 1. The molecule has 144 valence electrons. The largest absolute Gasteiger partial charge is 0.478 e. The Balaban J connectivity index is 1.65. The molecule has 0 unspecified atom stereocenters. The first kappa shape index (κ1) is 18.9. The number of carbonyl (C=O) groups excluding carboxylic acids is 1. The zero-order chi connectivity index (χ0) is 19.6. The van der Waals surface area contributed by atoms with Crippen LogP contribution in [0.2, 0.25) is 0 Å². The number of carbonyl (C=O) groups is 2. The second-order valence-electron chi connectivity index (χ2n) is 6.94. The molecule has 1 saturated heterocycles. The number of piperidine rings is 1. The van der Waals surface area contributed by atoms with Gasteiger partial charge in [-0.2, -0.15) is 5.10 Å². The van der Waals surface area contributed by atoms with Gasteiger partial charge in [0.25, 0.3) is 5.91 Å². The first-order valence-electron chi connectivity index (χ1n) is 9.07. The molecule has 0 aliphatic carbocycles.